The van der Waals surface area contributed by atoms with Crippen LogP contribution in [0.3, 0.4) is 0 Å². The minimum Gasteiger partial charge on any atom is -0.483 e. The molecule has 0 radical (unpaired) electrons. The molecule has 26 heavy (non-hydrogen) atoms. The third-order valence-corrected chi connectivity index (χ3v) is 5.31. The molecule has 2 amide bonds. The number of likely N-dealkylation sites (tertiary alicyclic amines) is 2. The lowest BCUT2D eigenvalue weighted by molar-refractivity contribution is -0.156. The number of H-pyrrole nitrogens is 1. The van der Waals surface area contributed by atoms with Crippen LogP contribution >= 0.6 is 0 Å². The fourth-order valence-electron chi connectivity index (χ4n) is 4.04. The van der Waals surface area contributed by atoms with Gasteiger partial charge in [-0.1, -0.05) is 0 Å². The maximum absolute atomic E-state index is 13.1. The Kier molecular flexibility index (Phi) is 6.39. The number of carbonyl (C=O) groups is 3. The highest BCUT2D eigenvalue weighted by molar-refractivity contribution is 5.93. The molecule has 0 aliphatic carbocycles. The van der Waals surface area contributed by atoms with Gasteiger partial charge < -0.3 is 19.9 Å². The van der Waals surface area contributed by atoms with E-state index >= 15 is 0 Å². The molecule has 1 spiro atoms. The lowest BCUT2D eigenvalue weighted by Gasteiger charge is -2.46. The summed E-state index contributed by atoms with van der Waals surface area (Å²) in [6.07, 6.45) is 5.34. The number of aryl methyl sites for hydroxylation is 1. The monoisotopic (exact) mass is 364 g/mol. The van der Waals surface area contributed by atoms with E-state index in [-0.39, 0.29) is 30.7 Å². The first-order chi connectivity index (χ1) is 12.4. The van der Waals surface area contributed by atoms with Crippen molar-refractivity contribution in [3.8, 4) is 0 Å². The maximum atomic E-state index is 13.1. The van der Waals surface area contributed by atoms with Crippen molar-refractivity contribution < 1.29 is 19.5 Å². The van der Waals surface area contributed by atoms with Crippen LogP contribution in [-0.2, 0) is 20.8 Å². The highest BCUT2D eigenvalue weighted by atomic mass is 16.3. The number of amides is 2. The number of hydrogen-bond acceptors (Lipinski definition) is 4. The average Bonchev–Trinajstić information content (AvgIpc) is 3.18. The van der Waals surface area contributed by atoms with Crippen molar-refractivity contribution in [2.45, 2.75) is 64.5 Å². The number of imidazole rings is 1. The van der Waals surface area contributed by atoms with Gasteiger partial charge in [-0.05, 0) is 46.5 Å². The van der Waals surface area contributed by atoms with Crippen molar-refractivity contribution in [3.63, 3.8) is 0 Å². The smallest absolute Gasteiger partial charge is 0.290 e. The normalized spacial score (nSPS) is 22.5. The second kappa shape index (κ2) is 8.33. The van der Waals surface area contributed by atoms with Gasteiger partial charge in [-0.3, -0.25) is 14.4 Å². The van der Waals surface area contributed by atoms with Crippen LogP contribution in [0.1, 0.15) is 50.9 Å². The van der Waals surface area contributed by atoms with Gasteiger partial charge in [0.1, 0.15) is 5.54 Å². The van der Waals surface area contributed by atoms with E-state index in [9.17, 15) is 9.59 Å². The third-order valence-electron chi connectivity index (χ3n) is 5.31. The van der Waals surface area contributed by atoms with Crippen LogP contribution in [0, 0.1) is 6.92 Å². The van der Waals surface area contributed by atoms with Gasteiger partial charge >= 0.3 is 0 Å². The van der Waals surface area contributed by atoms with E-state index in [1.165, 1.54) is 0 Å². The van der Waals surface area contributed by atoms with E-state index in [2.05, 4.69) is 9.97 Å². The molecule has 1 atom stereocenters. The quantitative estimate of drug-likeness (QED) is 0.788. The van der Waals surface area contributed by atoms with Crippen LogP contribution in [0.25, 0.3) is 0 Å². The Morgan fingerprint density at radius 2 is 2.00 bits per heavy atom. The molecular weight excluding hydrogens is 336 g/mol. The number of aromatic nitrogens is 2. The average molecular weight is 364 g/mol. The number of piperidine rings is 1. The van der Waals surface area contributed by atoms with Crippen LogP contribution in [0.5, 0.6) is 0 Å². The largest absolute Gasteiger partial charge is 0.483 e. The zero-order valence-electron chi connectivity index (χ0n) is 15.7. The highest BCUT2D eigenvalue weighted by Gasteiger charge is 2.52. The highest BCUT2D eigenvalue weighted by Crippen LogP contribution is 2.39. The Hall–Kier alpha value is -2.38. The molecule has 1 aromatic rings. The van der Waals surface area contributed by atoms with Gasteiger partial charge in [-0.2, -0.15) is 0 Å². The van der Waals surface area contributed by atoms with E-state index < -0.39 is 5.54 Å². The Balaban J connectivity index is 0.000000758. The Morgan fingerprint density at radius 1 is 1.38 bits per heavy atom. The predicted octanol–water partition coefficient (Wildman–Crippen LogP) is 1.35. The first-order valence-corrected chi connectivity index (χ1v) is 9.05. The summed E-state index contributed by atoms with van der Waals surface area (Å²) in [4.78, 5) is 45.3. The van der Waals surface area contributed by atoms with Gasteiger partial charge in [0.2, 0.25) is 11.8 Å². The molecule has 1 aromatic heterocycles. The number of nitrogens with zero attached hydrogens (tertiary/aromatic N) is 3. The second-order valence-corrected chi connectivity index (χ2v) is 7.13. The lowest BCUT2D eigenvalue weighted by Crippen LogP contribution is -2.62. The molecule has 2 aliphatic rings. The van der Waals surface area contributed by atoms with Crippen LogP contribution in [-0.4, -0.2) is 67.8 Å². The zero-order chi connectivity index (χ0) is 19.3. The van der Waals surface area contributed by atoms with Crippen molar-refractivity contribution in [3.05, 3.63) is 17.7 Å². The number of carboxylic acid groups (broad SMARTS) is 1. The summed E-state index contributed by atoms with van der Waals surface area (Å²) in [6.45, 7) is 7.25. The molecule has 2 fully saturated rings. The Morgan fingerprint density at radius 3 is 2.54 bits per heavy atom. The molecule has 144 valence electrons. The predicted molar refractivity (Wildman–Crippen MR) is 95.5 cm³/mol. The first-order valence-electron chi connectivity index (χ1n) is 9.05. The van der Waals surface area contributed by atoms with E-state index in [0.717, 1.165) is 43.6 Å². The molecule has 2 aliphatic heterocycles. The van der Waals surface area contributed by atoms with Crippen molar-refractivity contribution in [2.75, 3.05) is 13.1 Å². The van der Waals surface area contributed by atoms with E-state index in [0.29, 0.717) is 6.54 Å². The van der Waals surface area contributed by atoms with Gasteiger partial charge in [-0.25, -0.2) is 4.98 Å². The lowest BCUT2D eigenvalue weighted by atomic mass is 9.84. The van der Waals surface area contributed by atoms with Crippen LogP contribution in [0.15, 0.2) is 6.33 Å². The molecule has 8 nitrogen and oxygen atoms in total. The first kappa shape index (κ1) is 19.9. The minimum absolute atomic E-state index is 0.0247. The fraction of sp³-hybridized carbons (Fsp3) is 0.667. The van der Waals surface area contributed by atoms with Crippen LogP contribution in [0.4, 0.5) is 0 Å². The number of carbonyl (C=O) groups excluding carboxylic acids is 2. The molecule has 0 bridgehead atoms. The van der Waals surface area contributed by atoms with Crippen molar-refractivity contribution in [1.82, 2.24) is 19.8 Å². The topological polar surface area (TPSA) is 107 Å². The summed E-state index contributed by atoms with van der Waals surface area (Å²) >= 11 is 0. The molecule has 8 heteroatoms. The van der Waals surface area contributed by atoms with Gasteiger partial charge in [0.25, 0.3) is 6.47 Å². The van der Waals surface area contributed by atoms with Gasteiger partial charge in [-0.15, -0.1) is 0 Å². The number of nitrogens with one attached hydrogen (secondary N) is 1. The molecule has 3 heterocycles. The molecule has 0 saturated carbocycles. The Labute approximate surface area is 153 Å². The summed E-state index contributed by atoms with van der Waals surface area (Å²) in [5, 5.41) is 6.89. The molecule has 3 rings (SSSR count). The Bertz CT molecular complexity index is 657. The summed E-state index contributed by atoms with van der Waals surface area (Å²) in [7, 11) is 0. The van der Waals surface area contributed by atoms with Crippen LogP contribution < -0.4 is 0 Å². The summed E-state index contributed by atoms with van der Waals surface area (Å²) in [6, 6.07) is 0.186. The third kappa shape index (κ3) is 3.73. The molecule has 1 unspecified atom stereocenters. The summed E-state index contributed by atoms with van der Waals surface area (Å²) < 4.78 is 0. The van der Waals surface area contributed by atoms with Gasteiger partial charge in [0, 0.05) is 24.8 Å². The molecule has 0 aromatic carbocycles. The van der Waals surface area contributed by atoms with Crippen molar-refractivity contribution in [1.29, 1.82) is 0 Å². The maximum Gasteiger partial charge on any atom is 0.290 e. The van der Waals surface area contributed by atoms with E-state index in [1.807, 2.05) is 30.6 Å². The standard InChI is InChI=1S/C17H26N4O2.CH2O2/c1-12(2)20-8-4-6-17(16(20)23)7-5-9-21(17)15(22)10-14-13(3)18-11-19-14;2-1-3/h11-12H,4-10H2,1-3H3,(H,18,19);1H,(H,2,3). The van der Waals surface area contributed by atoms with E-state index in [4.69, 9.17) is 9.90 Å². The van der Waals surface area contributed by atoms with Gasteiger partial charge in [0.05, 0.1) is 18.4 Å². The zero-order valence-corrected chi connectivity index (χ0v) is 15.7. The van der Waals surface area contributed by atoms with Crippen molar-refractivity contribution >= 4 is 18.3 Å². The van der Waals surface area contributed by atoms with Gasteiger partial charge in [0.15, 0.2) is 0 Å². The molecular formula is C18H28N4O4. The summed E-state index contributed by atoms with van der Waals surface area (Å²) in [5.74, 6) is 0.167. The minimum atomic E-state index is -0.607. The van der Waals surface area contributed by atoms with E-state index in [1.54, 1.807) is 6.33 Å². The number of rotatable bonds is 3. The second-order valence-electron chi connectivity index (χ2n) is 7.13. The molecule has 2 saturated heterocycles. The van der Waals surface area contributed by atoms with Crippen molar-refractivity contribution in [2.24, 2.45) is 0 Å². The fourth-order valence-corrected chi connectivity index (χ4v) is 4.04. The molecule has 2 N–H and O–H groups in total. The number of hydrogen-bond donors (Lipinski definition) is 2. The number of aromatic amines is 1. The van der Waals surface area contributed by atoms with Crippen LogP contribution in [0.2, 0.25) is 0 Å². The summed E-state index contributed by atoms with van der Waals surface area (Å²) in [5.41, 5.74) is 1.09. The SMILES string of the molecule is Cc1[nH]cnc1CC(=O)N1CCCC12CCCN(C(C)C)C2=O.O=CO.